The molecule has 0 radical (unpaired) electrons. The molecular weight excluding hydrogens is 224 g/mol. The molecule has 0 amide bonds. The molecule has 0 spiro atoms. The largest absolute Gasteiger partial charge is 0.316 e. The minimum atomic E-state index is 0.814. The lowest BCUT2D eigenvalue weighted by atomic mass is 9.71. The van der Waals surface area contributed by atoms with Crippen molar-refractivity contribution < 1.29 is 0 Å². The van der Waals surface area contributed by atoms with Gasteiger partial charge in [-0.25, -0.2) is 4.98 Å². The highest BCUT2D eigenvalue weighted by Crippen LogP contribution is 2.35. The van der Waals surface area contributed by atoms with Crippen molar-refractivity contribution in [2.75, 3.05) is 13.1 Å². The Morgan fingerprint density at radius 1 is 1.28 bits per heavy atom. The smallest absolute Gasteiger partial charge is 0.138 e. The van der Waals surface area contributed by atoms with Gasteiger partial charge in [0, 0.05) is 13.0 Å². The molecule has 18 heavy (non-hydrogen) atoms. The fourth-order valence-corrected chi connectivity index (χ4v) is 2.72. The van der Waals surface area contributed by atoms with Gasteiger partial charge in [-0.15, -0.1) is 0 Å². The maximum atomic E-state index is 4.42. The molecule has 1 aliphatic carbocycles. The lowest BCUT2D eigenvalue weighted by molar-refractivity contribution is 0.166. The molecule has 1 N–H and O–H groups in total. The first-order chi connectivity index (χ1) is 8.85. The molecule has 1 heterocycles. The van der Waals surface area contributed by atoms with Crippen LogP contribution in [0.15, 0.2) is 6.33 Å². The van der Waals surface area contributed by atoms with Crippen molar-refractivity contribution in [1.29, 1.82) is 0 Å². The Bertz CT molecular complexity index is 347. The first-order valence-electron chi connectivity index (χ1n) is 7.42. The molecule has 1 aliphatic rings. The number of hydrogen-bond donors (Lipinski definition) is 1. The standard InChI is InChI=1S/C14H26N4/c1-3-7-15-10-13-6-5-12(13)9-14-16-11-17-18(14)8-4-2/h11-13,15H,3-10H2,1-2H3. The fraction of sp³-hybridized carbons (Fsp3) is 0.857. The van der Waals surface area contributed by atoms with E-state index in [1.165, 1.54) is 31.6 Å². The first kappa shape index (κ1) is 13.5. The van der Waals surface area contributed by atoms with Crippen LogP contribution in [0.25, 0.3) is 0 Å². The summed E-state index contributed by atoms with van der Waals surface area (Å²) in [5.74, 6) is 2.85. The summed E-state index contributed by atoms with van der Waals surface area (Å²) in [6, 6.07) is 0. The zero-order valence-electron chi connectivity index (χ0n) is 11.7. The number of aryl methyl sites for hydroxylation is 1. The molecule has 1 fully saturated rings. The van der Waals surface area contributed by atoms with Crippen LogP contribution in [-0.4, -0.2) is 27.9 Å². The Balaban J connectivity index is 1.80. The lowest BCUT2D eigenvalue weighted by Crippen LogP contribution is -2.37. The average molecular weight is 250 g/mol. The van der Waals surface area contributed by atoms with Crippen LogP contribution in [0.5, 0.6) is 0 Å². The molecule has 4 nitrogen and oxygen atoms in total. The molecule has 1 aromatic heterocycles. The Morgan fingerprint density at radius 2 is 2.11 bits per heavy atom. The van der Waals surface area contributed by atoms with E-state index in [9.17, 15) is 0 Å². The summed E-state index contributed by atoms with van der Waals surface area (Å²) in [5.41, 5.74) is 0. The first-order valence-corrected chi connectivity index (χ1v) is 7.42. The topological polar surface area (TPSA) is 42.7 Å². The van der Waals surface area contributed by atoms with E-state index in [4.69, 9.17) is 0 Å². The highest BCUT2D eigenvalue weighted by Gasteiger charge is 2.31. The van der Waals surface area contributed by atoms with Crippen LogP contribution in [0.4, 0.5) is 0 Å². The van der Waals surface area contributed by atoms with Gasteiger partial charge < -0.3 is 5.32 Å². The quantitative estimate of drug-likeness (QED) is 0.720. The summed E-state index contributed by atoms with van der Waals surface area (Å²) >= 11 is 0. The minimum absolute atomic E-state index is 0.814. The normalized spacial score (nSPS) is 23.0. The molecule has 102 valence electrons. The van der Waals surface area contributed by atoms with Crippen molar-refractivity contribution in [1.82, 2.24) is 20.1 Å². The van der Waals surface area contributed by atoms with Crippen LogP contribution >= 0.6 is 0 Å². The van der Waals surface area contributed by atoms with Gasteiger partial charge in [-0.3, -0.25) is 4.68 Å². The minimum Gasteiger partial charge on any atom is -0.316 e. The van der Waals surface area contributed by atoms with E-state index in [0.29, 0.717) is 0 Å². The summed E-state index contributed by atoms with van der Waals surface area (Å²) in [6.45, 7) is 7.74. The van der Waals surface area contributed by atoms with Crippen molar-refractivity contribution in [3.63, 3.8) is 0 Å². The van der Waals surface area contributed by atoms with Crippen molar-refractivity contribution in [3.8, 4) is 0 Å². The molecule has 2 atom stereocenters. The molecule has 1 saturated carbocycles. The van der Waals surface area contributed by atoms with Crippen LogP contribution in [0.2, 0.25) is 0 Å². The SMILES string of the molecule is CCCNCC1CCC1Cc1ncnn1CCC. The number of nitrogens with one attached hydrogen (secondary N) is 1. The summed E-state index contributed by atoms with van der Waals surface area (Å²) in [5, 5.41) is 7.85. The third-order valence-electron chi connectivity index (χ3n) is 3.98. The maximum absolute atomic E-state index is 4.42. The Kier molecular flexibility index (Phi) is 5.17. The van der Waals surface area contributed by atoms with Crippen LogP contribution in [0.1, 0.15) is 45.4 Å². The summed E-state index contributed by atoms with van der Waals surface area (Å²) in [7, 11) is 0. The van der Waals surface area contributed by atoms with E-state index in [1.807, 2.05) is 0 Å². The number of rotatable bonds is 8. The summed E-state index contributed by atoms with van der Waals surface area (Å²) in [4.78, 5) is 4.42. The summed E-state index contributed by atoms with van der Waals surface area (Å²) in [6.07, 6.45) is 7.90. The average Bonchev–Trinajstić information content (AvgIpc) is 2.78. The van der Waals surface area contributed by atoms with Crippen molar-refractivity contribution in [2.24, 2.45) is 11.8 Å². The molecule has 0 bridgehead atoms. The number of aromatic nitrogens is 3. The highest BCUT2D eigenvalue weighted by atomic mass is 15.3. The van der Waals surface area contributed by atoms with Gasteiger partial charge >= 0.3 is 0 Å². The predicted octanol–water partition coefficient (Wildman–Crippen LogP) is 2.26. The van der Waals surface area contributed by atoms with Crippen molar-refractivity contribution in [3.05, 3.63) is 12.2 Å². The second-order valence-corrected chi connectivity index (χ2v) is 5.41. The lowest BCUT2D eigenvalue weighted by Gasteiger charge is -2.36. The predicted molar refractivity (Wildman–Crippen MR) is 73.4 cm³/mol. The van der Waals surface area contributed by atoms with Gasteiger partial charge in [0.15, 0.2) is 0 Å². The van der Waals surface area contributed by atoms with E-state index >= 15 is 0 Å². The molecule has 2 unspecified atom stereocenters. The third kappa shape index (κ3) is 3.31. The van der Waals surface area contributed by atoms with Crippen LogP contribution in [0, 0.1) is 11.8 Å². The van der Waals surface area contributed by atoms with Crippen molar-refractivity contribution in [2.45, 2.75) is 52.5 Å². The van der Waals surface area contributed by atoms with Gasteiger partial charge in [0.2, 0.25) is 0 Å². The van der Waals surface area contributed by atoms with Crippen LogP contribution in [-0.2, 0) is 13.0 Å². The van der Waals surface area contributed by atoms with E-state index in [1.54, 1.807) is 6.33 Å². The highest BCUT2D eigenvalue weighted by molar-refractivity contribution is 4.93. The Morgan fingerprint density at radius 3 is 2.78 bits per heavy atom. The molecule has 2 rings (SSSR count). The van der Waals surface area contributed by atoms with E-state index in [2.05, 4.69) is 33.9 Å². The van der Waals surface area contributed by atoms with Gasteiger partial charge in [-0.1, -0.05) is 13.8 Å². The van der Waals surface area contributed by atoms with Gasteiger partial charge in [0.25, 0.3) is 0 Å². The molecular formula is C14H26N4. The molecule has 0 aromatic carbocycles. The molecule has 4 heteroatoms. The second-order valence-electron chi connectivity index (χ2n) is 5.41. The monoisotopic (exact) mass is 250 g/mol. The van der Waals surface area contributed by atoms with Gasteiger partial charge in [0.05, 0.1) is 0 Å². The molecule has 0 saturated heterocycles. The van der Waals surface area contributed by atoms with Crippen LogP contribution < -0.4 is 5.32 Å². The molecule has 0 aliphatic heterocycles. The number of nitrogens with zero attached hydrogens (tertiary/aromatic N) is 3. The van der Waals surface area contributed by atoms with E-state index in [0.717, 1.165) is 37.8 Å². The molecule has 1 aromatic rings. The summed E-state index contributed by atoms with van der Waals surface area (Å²) < 4.78 is 2.08. The zero-order valence-corrected chi connectivity index (χ0v) is 11.7. The zero-order chi connectivity index (χ0) is 12.8. The fourth-order valence-electron chi connectivity index (χ4n) is 2.72. The Hall–Kier alpha value is -0.900. The third-order valence-corrected chi connectivity index (χ3v) is 3.98. The van der Waals surface area contributed by atoms with Gasteiger partial charge in [0.1, 0.15) is 12.2 Å². The van der Waals surface area contributed by atoms with E-state index in [-0.39, 0.29) is 0 Å². The maximum Gasteiger partial charge on any atom is 0.138 e. The van der Waals surface area contributed by atoms with E-state index < -0.39 is 0 Å². The second kappa shape index (κ2) is 6.88. The Labute approximate surface area is 110 Å². The van der Waals surface area contributed by atoms with Crippen LogP contribution in [0.3, 0.4) is 0 Å². The number of hydrogen-bond acceptors (Lipinski definition) is 3. The van der Waals surface area contributed by atoms with Gasteiger partial charge in [-0.05, 0) is 50.6 Å². The van der Waals surface area contributed by atoms with Crippen molar-refractivity contribution >= 4 is 0 Å². The van der Waals surface area contributed by atoms with Gasteiger partial charge in [-0.2, -0.15) is 5.10 Å².